The van der Waals surface area contributed by atoms with Crippen LogP contribution in [0, 0.1) is 5.92 Å². The molecule has 17 bridgehead atoms. The molecule has 0 aliphatic carbocycles. The van der Waals surface area contributed by atoms with E-state index in [2.05, 4.69) is 44.1 Å². The Morgan fingerprint density at radius 1 is 0.500 bits per heavy atom. The Balaban J connectivity index is 1.04. The standard InChI is InChI=1S/C89H98Cl2N8O33/c1-3-4-5-6-7-8-9-10-62(108)94-69-75(113)73(111)60(33-101)129-88(69)132-79-57-27-41-28-58(79)126-54-18-14-39(25-49(54)91)78(131-87-47(19-35(2)103)71(109)72(110)59(32-100)128-87)70-85(121)98-68(86(122)123)46-30-43(105)31-56(127-89-77(115)76(114)74(112)61(34-102)130-89)63(46)45-24-38(13-15-51(45)106)65(82(118)99-70)96-84(120)67(41)97-83(119)66-40-22-42(104)29-44(23-40)124-55-26-37(12-16-52(55)107)64(92)81(117)93-50(80(116)95-66)21-36-11-17-53(125-57)48(90)20-36/h11-18,20,22-31,47,50,59-61,64-78,87-89,100-102,104-107,109-115H,3-10,19,21,32-34,92H2,1-2H3,(H,93,117)(H,94,108)(H,95,116)(H,96,120)(H,97,119)(H,98,121)(H,99,118)(H,122,123)/t47-,50+,59-,60-,61-,64-,65-,66+,67-,68-,69-,70+,71-,72-,73-,74-,75-,76+,77+,78-,87+,88+,89+/m1/s1. The van der Waals surface area contributed by atoms with Gasteiger partial charge in [-0.3, -0.25) is 33.6 Å². The molecule has 16 rings (SSSR count). The summed E-state index contributed by atoms with van der Waals surface area (Å²) in [5.74, 6) is -20.8. The molecule has 7 amide bonds. The Hall–Kier alpha value is -11.8. The van der Waals surface area contributed by atoms with Gasteiger partial charge in [0.2, 0.25) is 59.7 Å². The van der Waals surface area contributed by atoms with Crippen LogP contribution in [0.15, 0.2) is 115 Å². The minimum Gasteiger partial charge on any atom is -0.508 e. The zero-order valence-corrected chi connectivity index (χ0v) is 71.8. The molecule has 7 aromatic rings. The number of carbonyl (C=O) groups is 9. The van der Waals surface area contributed by atoms with Gasteiger partial charge in [-0.15, -0.1) is 0 Å². The lowest BCUT2D eigenvalue weighted by Crippen LogP contribution is -2.65. The number of benzene rings is 7. The number of ketones is 1. The van der Waals surface area contributed by atoms with Gasteiger partial charge in [-0.2, -0.15) is 0 Å². The number of aliphatic hydroxyl groups is 10. The van der Waals surface area contributed by atoms with Crippen LogP contribution in [0.1, 0.15) is 147 Å². The van der Waals surface area contributed by atoms with Crippen molar-refractivity contribution in [1.29, 1.82) is 0 Å². The zero-order valence-electron chi connectivity index (χ0n) is 70.3. The molecule has 0 saturated carbocycles. The van der Waals surface area contributed by atoms with Gasteiger partial charge in [-0.05, 0) is 126 Å². The van der Waals surface area contributed by atoms with Crippen molar-refractivity contribution >= 4 is 76.3 Å². The van der Waals surface area contributed by atoms with Crippen molar-refractivity contribution in [2.75, 3.05) is 19.8 Å². The number of aromatic hydroxyl groups is 4. The number of hydrogen-bond acceptors (Lipinski definition) is 33. The quantitative estimate of drug-likeness (QED) is 0.0459. The minimum atomic E-state index is -2.56. The van der Waals surface area contributed by atoms with Crippen LogP contribution >= 0.6 is 23.2 Å². The van der Waals surface area contributed by atoms with Gasteiger partial charge < -0.3 is 167 Å². The number of phenolic OH excluding ortho intramolecular Hbond substituents is 4. The fourth-order valence-corrected chi connectivity index (χ4v) is 17.2. The molecule has 0 aromatic heterocycles. The number of carboxylic acid groups (broad SMARTS) is 1. The number of nitrogens with two attached hydrogens (primary N) is 1. The molecule has 0 radical (unpaired) electrons. The van der Waals surface area contributed by atoms with E-state index in [9.17, 15) is 95.8 Å². The third-order valence-corrected chi connectivity index (χ3v) is 24.3. The van der Waals surface area contributed by atoms with E-state index in [1.807, 2.05) is 0 Å². The topological polar surface area (TPSA) is 650 Å². The van der Waals surface area contributed by atoms with E-state index in [4.69, 9.17) is 71.6 Å². The molecule has 9 heterocycles. The summed E-state index contributed by atoms with van der Waals surface area (Å²) in [6.07, 6.45) is -24.1. The van der Waals surface area contributed by atoms with Gasteiger partial charge >= 0.3 is 5.97 Å². The minimum absolute atomic E-state index is 0.0293. The first-order valence-corrected chi connectivity index (χ1v) is 43.1. The summed E-state index contributed by atoms with van der Waals surface area (Å²) >= 11 is 14.7. The lowest BCUT2D eigenvalue weighted by Gasteiger charge is -2.44. The number of Topliss-reactive ketones (excluding diaryl/α,β-unsaturated/α-hetero) is 1. The van der Waals surface area contributed by atoms with Crippen molar-refractivity contribution in [2.45, 2.75) is 212 Å². The van der Waals surface area contributed by atoms with E-state index in [1.54, 1.807) is 0 Å². The maximum atomic E-state index is 17.0. The number of fused-ring (bicyclic) bond motifs is 14. The molecule has 23 atom stereocenters. The summed E-state index contributed by atoms with van der Waals surface area (Å²) < 4.78 is 57.6. The molecule has 3 fully saturated rings. The van der Waals surface area contributed by atoms with Gasteiger partial charge in [-0.25, -0.2) is 4.79 Å². The number of amides is 7. The van der Waals surface area contributed by atoms with Crippen LogP contribution in [0.4, 0.5) is 0 Å². The SMILES string of the molecule is CCCCCCCCCC(=O)N[C@H]1[C@H](Oc2c3cc4cc2Oc2ccc(cc2Cl)[C@@H](O[C@@H]2O[C@H](CO)[C@@H](O)[C@H](O)[C@H]2CC(C)=O)[C@@H]2NC(=O)[C@H](NC(=O)[C@@H]4NC(=O)[C@H]4NC(=O)[C@H](Cc5ccc(c(Cl)c5)O3)NC(=O)[C@H](N)c3ccc(O)c(c3)Oc3cc(O)cc4c3)c3ccc(O)c(c3)-c3c(O[C@H]4O[C@H](CO)[C@@H](O)[C@H](O)[C@@H]4O)cc(O)cc3[C@H](C(=O)O)NC2=O)O[C@H](CO)[C@@H](O)[C@@H]1O. The predicted octanol–water partition coefficient (Wildman–Crippen LogP) is 2.25. The highest BCUT2D eigenvalue weighted by Crippen LogP contribution is 2.51. The lowest BCUT2D eigenvalue weighted by molar-refractivity contribution is -0.299. The van der Waals surface area contributed by atoms with E-state index in [0.29, 0.717) is 12.8 Å². The number of unbranched alkanes of at least 4 members (excludes halogenated alkanes) is 6. The van der Waals surface area contributed by atoms with E-state index in [1.165, 1.54) is 30.3 Å². The smallest absolute Gasteiger partial charge is 0.330 e. The average molecular weight is 1880 g/mol. The molecule has 0 unspecified atom stereocenters. The summed E-state index contributed by atoms with van der Waals surface area (Å²) in [6, 6.07) is 2.82. The Kier molecular flexibility index (Phi) is 30.0. The molecule has 3 saturated heterocycles. The normalized spacial score (nSPS) is 28.9. The first kappa shape index (κ1) is 96.2. The van der Waals surface area contributed by atoms with Gasteiger partial charge in [0.1, 0.15) is 149 Å². The van der Waals surface area contributed by atoms with Crippen molar-refractivity contribution in [3.05, 3.63) is 164 Å². The summed E-state index contributed by atoms with van der Waals surface area (Å²) in [4.78, 5) is 138. The van der Waals surface area contributed by atoms with E-state index < -0.39 is 311 Å². The van der Waals surface area contributed by atoms with Crippen LogP contribution in [0.5, 0.6) is 69.0 Å². The number of aliphatic hydroxyl groups excluding tert-OH is 10. The molecule has 9 aliphatic heterocycles. The Morgan fingerprint density at radius 3 is 1.70 bits per heavy atom. The Bertz CT molecular complexity index is 5540. The maximum Gasteiger partial charge on any atom is 0.330 e. The first-order valence-electron chi connectivity index (χ1n) is 42.3. The molecule has 0 spiro atoms. The van der Waals surface area contributed by atoms with Crippen molar-refractivity contribution in [3.8, 4) is 80.1 Å². The van der Waals surface area contributed by atoms with Gasteiger partial charge in [0.05, 0.1) is 36.0 Å². The second-order valence-corrected chi connectivity index (χ2v) is 33.9. The van der Waals surface area contributed by atoms with Gasteiger partial charge in [0.25, 0.3) is 0 Å². The fraction of sp³-hybridized carbons (Fsp3) is 0.427. The molecule has 706 valence electrons. The molecular formula is C89H98Cl2N8O33. The van der Waals surface area contributed by atoms with Crippen molar-refractivity contribution in [1.82, 2.24) is 37.2 Å². The number of ether oxygens (including phenoxy) is 9. The van der Waals surface area contributed by atoms with Crippen LogP contribution < -0.4 is 66.6 Å². The molecule has 43 heteroatoms. The Morgan fingerprint density at radius 2 is 1.06 bits per heavy atom. The number of halogens is 2. The van der Waals surface area contributed by atoms with Crippen LogP contribution in [0.2, 0.25) is 10.0 Å². The summed E-state index contributed by atoms with van der Waals surface area (Å²) in [5.41, 5.74) is 2.87. The number of carboxylic acids is 1. The van der Waals surface area contributed by atoms with Crippen molar-refractivity contribution in [2.24, 2.45) is 11.7 Å². The monoisotopic (exact) mass is 1880 g/mol. The molecule has 24 N–H and O–H groups in total. The molecular weight excluding hydrogens is 1780 g/mol. The van der Waals surface area contributed by atoms with Crippen molar-refractivity contribution in [3.63, 3.8) is 0 Å². The summed E-state index contributed by atoms with van der Waals surface area (Å²) in [6.45, 7) is 0.0373. The number of hydrogen-bond donors (Lipinski definition) is 23. The summed E-state index contributed by atoms with van der Waals surface area (Å²) in [7, 11) is 0. The second kappa shape index (κ2) is 41.1. The highest BCUT2D eigenvalue weighted by atomic mass is 35.5. The number of rotatable bonds is 21. The average Bonchev–Trinajstić information content (AvgIpc) is 0.757. The third kappa shape index (κ3) is 20.8. The zero-order chi connectivity index (χ0) is 94.7. The maximum absolute atomic E-state index is 17.0. The van der Waals surface area contributed by atoms with Crippen LogP contribution in [0.25, 0.3) is 11.1 Å². The number of phenols is 4. The molecule has 7 aromatic carbocycles. The first-order chi connectivity index (χ1) is 63.0. The number of carbonyl (C=O) groups excluding carboxylic acids is 8. The fourth-order valence-electron chi connectivity index (χ4n) is 16.8. The van der Waals surface area contributed by atoms with Gasteiger partial charge in [0, 0.05) is 54.0 Å². The molecule has 41 nitrogen and oxygen atoms in total. The molecule has 9 aliphatic rings. The highest BCUT2D eigenvalue weighted by molar-refractivity contribution is 6.32. The number of aliphatic carboxylic acids is 1. The second-order valence-electron chi connectivity index (χ2n) is 33.1. The lowest BCUT2D eigenvalue weighted by atomic mass is 9.87. The van der Waals surface area contributed by atoms with Crippen LogP contribution in [-0.2, 0) is 68.5 Å². The largest absolute Gasteiger partial charge is 0.508 e. The predicted molar refractivity (Wildman–Crippen MR) is 454 cm³/mol. The van der Waals surface area contributed by atoms with Gasteiger partial charge in [-0.1, -0.05) is 92.9 Å². The third-order valence-electron chi connectivity index (χ3n) is 23.7. The highest BCUT2D eigenvalue weighted by Gasteiger charge is 2.52. The number of nitrogens with one attached hydrogen (secondary N) is 7. The summed E-state index contributed by atoms with van der Waals surface area (Å²) in [5, 5.41) is 188. The Labute approximate surface area is 760 Å². The van der Waals surface area contributed by atoms with E-state index in [-0.39, 0.29) is 50.9 Å². The van der Waals surface area contributed by atoms with Crippen LogP contribution in [-0.4, -0.2) is 248 Å². The van der Waals surface area contributed by atoms with E-state index in [0.717, 1.165) is 124 Å². The van der Waals surface area contributed by atoms with Crippen LogP contribution in [0.3, 0.4) is 0 Å². The molecule has 132 heavy (non-hydrogen) atoms. The van der Waals surface area contributed by atoms with Gasteiger partial charge in [0.15, 0.2) is 35.3 Å². The van der Waals surface area contributed by atoms with Crippen molar-refractivity contribution < 1.29 is 162 Å². The van der Waals surface area contributed by atoms with E-state index >= 15 is 24.0 Å².